The molecule has 0 unspecified atom stereocenters. The van der Waals surface area contributed by atoms with Gasteiger partial charge in [-0.3, -0.25) is 14.9 Å². The van der Waals surface area contributed by atoms with Crippen LogP contribution in [0, 0.1) is 6.92 Å². The van der Waals surface area contributed by atoms with Gasteiger partial charge in [-0.15, -0.1) is 0 Å². The number of aryl methyl sites for hydroxylation is 1. The lowest BCUT2D eigenvalue weighted by Crippen LogP contribution is -2.54. The number of amides is 4. The second-order valence-electron chi connectivity index (χ2n) is 7.69. The molecule has 3 aromatic carbocycles. The molecule has 1 fully saturated rings. The fourth-order valence-electron chi connectivity index (χ4n) is 3.44. The number of methoxy groups -OCH3 is 1. The van der Waals surface area contributed by atoms with Crippen LogP contribution >= 0.6 is 27.5 Å². The molecule has 35 heavy (non-hydrogen) atoms. The highest BCUT2D eigenvalue weighted by Crippen LogP contribution is 2.36. The lowest BCUT2D eigenvalue weighted by atomic mass is 10.1. The van der Waals surface area contributed by atoms with E-state index in [1.54, 1.807) is 31.2 Å². The Morgan fingerprint density at radius 1 is 1.03 bits per heavy atom. The summed E-state index contributed by atoms with van der Waals surface area (Å²) >= 11 is 9.65. The van der Waals surface area contributed by atoms with Crippen molar-refractivity contribution < 1.29 is 23.9 Å². The quantitative estimate of drug-likeness (QED) is 0.313. The van der Waals surface area contributed by atoms with Crippen LogP contribution in [0.5, 0.6) is 11.5 Å². The van der Waals surface area contributed by atoms with E-state index in [9.17, 15) is 14.4 Å². The van der Waals surface area contributed by atoms with Gasteiger partial charge in [0.15, 0.2) is 11.5 Å². The summed E-state index contributed by atoms with van der Waals surface area (Å²) in [6.45, 7) is 2.14. The van der Waals surface area contributed by atoms with Gasteiger partial charge in [0.05, 0.1) is 12.8 Å². The molecule has 0 atom stereocenters. The van der Waals surface area contributed by atoms with Gasteiger partial charge in [-0.1, -0.05) is 63.9 Å². The largest absolute Gasteiger partial charge is 0.493 e. The molecule has 0 aliphatic carbocycles. The number of benzene rings is 3. The Hall–Kier alpha value is -3.62. The highest BCUT2D eigenvalue weighted by Gasteiger charge is 2.37. The Kier molecular flexibility index (Phi) is 7.23. The van der Waals surface area contributed by atoms with Crippen LogP contribution in [-0.4, -0.2) is 25.0 Å². The van der Waals surface area contributed by atoms with Crippen molar-refractivity contribution in [3.05, 3.63) is 92.4 Å². The Balaban J connectivity index is 1.66. The van der Waals surface area contributed by atoms with Gasteiger partial charge in [-0.25, -0.2) is 9.69 Å². The zero-order chi connectivity index (χ0) is 25.1. The third-order valence-electron chi connectivity index (χ3n) is 5.34. The van der Waals surface area contributed by atoms with Gasteiger partial charge in [0.1, 0.15) is 12.2 Å². The minimum absolute atomic E-state index is 0.220. The molecule has 9 heteroatoms. The van der Waals surface area contributed by atoms with Crippen LogP contribution < -0.4 is 19.7 Å². The Labute approximate surface area is 215 Å². The first kappa shape index (κ1) is 24.5. The first-order valence-corrected chi connectivity index (χ1v) is 11.7. The van der Waals surface area contributed by atoms with Gasteiger partial charge in [-0.2, -0.15) is 0 Å². The van der Waals surface area contributed by atoms with Crippen molar-refractivity contribution in [3.63, 3.8) is 0 Å². The summed E-state index contributed by atoms with van der Waals surface area (Å²) in [7, 11) is 1.50. The topological polar surface area (TPSA) is 84.9 Å². The van der Waals surface area contributed by atoms with E-state index in [4.69, 9.17) is 21.1 Å². The standard InChI is InChI=1S/C26H20BrClN2O5/c1-15-8-9-18(12-21(15)28)30-25(32)19(24(31)29-26(30)33)10-17-11-22(34-2)23(13-20(17)27)35-14-16-6-4-3-5-7-16/h3-13H,14H2,1-2H3,(H,29,31,33)/b19-10-. The molecule has 1 aliphatic rings. The Morgan fingerprint density at radius 3 is 2.46 bits per heavy atom. The number of nitrogens with one attached hydrogen (secondary N) is 1. The van der Waals surface area contributed by atoms with Gasteiger partial charge in [-0.05, 0) is 54.0 Å². The second kappa shape index (κ2) is 10.3. The maximum Gasteiger partial charge on any atom is 0.335 e. The summed E-state index contributed by atoms with van der Waals surface area (Å²) in [4.78, 5) is 39.1. The zero-order valence-electron chi connectivity index (χ0n) is 18.8. The van der Waals surface area contributed by atoms with Crippen LogP contribution in [-0.2, 0) is 16.2 Å². The van der Waals surface area contributed by atoms with Gasteiger partial charge < -0.3 is 9.47 Å². The van der Waals surface area contributed by atoms with E-state index in [0.717, 1.165) is 16.0 Å². The summed E-state index contributed by atoms with van der Waals surface area (Å²) < 4.78 is 11.9. The SMILES string of the molecule is COc1cc(/C=C2/C(=O)NC(=O)N(c3ccc(C)c(Cl)c3)C2=O)c(Br)cc1OCc1ccccc1. The number of hydrogen-bond donors (Lipinski definition) is 1. The molecular formula is C26H20BrClN2O5. The molecule has 178 valence electrons. The van der Waals surface area contributed by atoms with E-state index in [2.05, 4.69) is 21.2 Å². The molecule has 0 bridgehead atoms. The molecule has 1 heterocycles. The van der Waals surface area contributed by atoms with Crippen LogP contribution in [0.25, 0.3) is 6.08 Å². The van der Waals surface area contributed by atoms with Gasteiger partial charge in [0, 0.05) is 9.50 Å². The number of carbonyl (C=O) groups is 3. The van der Waals surface area contributed by atoms with Crippen molar-refractivity contribution in [3.8, 4) is 11.5 Å². The first-order chi connectivity index (χ1) is 16.8. The molecule has 0 radical (unpaired) electrons. The molecular weight excluding hydrogens is 536 g/mol. The number of hydrogen-bond acceptors (Lipinski definition) is 5. The Morgan fingerprint density at radius 2 is 1.77 bits per heavy atom. The molecule has 1 saturated heterocycles. The van der Waals surface area contributed by atoms with E-state index in [1.807, 2.05) is 30.3 Å². The summed E-state index contributed by atoms with van der Waals surface area (Å²) in [6.07, 6.45) is 1.39. The zero-order valence-corrected chi connectivity index (χ0v) is 21.1. The van der Waals surface area contributed by atoms with E-state index >= 15 is 0 Å². The summed E-state index contributed by atoms with van der Waals surface area (Å²) in [5.74, 6) is -0.674. The number of nitrogens with zero attached hydrogens (tertiary/aromatic N) is 1. The highest BCUT2D eigenvalue weighted by molar-refractivity contribution is 9.10. The number of imide groups is 2. The highest BCUT2D eigenvalue weighted by atomic mass is 79.9. The van der Waals surface area contributed by atoms with Crippen LogP contribution in [0.2, 0.25) is 5.02 Å². The lowest BCUT2D eigenvalue weighted by molar-refractivity contribution is -0.122. The number of urea groups is 1. The fraction of sp³-hybridized carbons (Fsp3) is 0.115. The van der Waals surface area contributed by atoms with E-state index < -0.39 is 17.8 Å². The number of ether oxygens (including phenoxy) is 2. The van der Waals surface area contributed by atoms with Crippen molar-refractivity contribution in [2.45, 2.75) is 13.5 Å². The minimum Gasteiger partial charge on any atom is -0.493 e. The Bertz CT molecular complexity index is 1360. The maximum absolute atomic E-state index is 13.2. The monoisotopic (exact) mass is 554 g/mol. The van der Waals surface area contributed by atoms with Crippen molar-refractivity contribution >= 4 is 57.1 Å². The summed E-state index contributed by atoms with van der Waals surface area (Å²) in [6, 6.07) is 16.9. The van der Waals surface area contributed by atoms with E-state index in [0.29, 0.717) is 33.2 Å². The van der Waals surface area contributed by atoms with Crippen LogP contribution in [0.1, 0.15) is 16.7 Å². The predicted molar refractivity (Wildman–Crippen MR) is 137 cm³/mol. The number of anilines is 1. The lowest BCUT2D eigenvalue weighted by Gasteiger charge is -2.26. The summed E-state index contributed by atoms with van der Waals surface area (Å²) in [5.41, 5.74) is 2.30. The van der Waals surface area contributed by atoms with Crippen molar-refractivity contribution in [2.75, 3.05) is 12.0 Å². The van der Waals surface area contributed by atoms with Crippen molar-refractivity contribution in [1.82, 2.24) is 5.32 Å². The number of barbiturate groups is 1. The van der Waals surface area contributed by atoms with Crippen molar-refractivity contribution in [2.24, 2.45) is 0 Å². The van der Waals surface area contributed by atoms with E-state index in [1.165, 1.54) is 19.3 Å². The molecule has 4 rings (SSSR count). The number of rotatable bonds is 6. The van der Waals surface area contributed by atoms with Gasteiger partial charge in [0.25, 0.3) is 11.8 Å². The third kappa shape index (κ3) is 5.23. The first-order valence-electron chi connectivity index (χ1n) is 10.5. The van der Waals surface area contributed by atoms with Crippen molar-refractivity contribution in [1.29, 1.82) is 0 Å². The molecule has 1 aliphatic heterocycles. The molecule has 0 saturated carbocycles. The van der Waals surface area contributed by atoms with Gasteiger partial charge in [0.2, 0.25) is 0 Å². The smallest absolute Gasteiger partial charge is 0.335 e. The molecule has 4 amide bonds. The average Bonchev–Trinajstić information content (AvgIpc) is 2.84. The average molecular weight is 556 g/mol. The summed E-state index contributed by atoms with van der Waals surface area (Å²) in [5, 5.41) is 2.60. The maximum atomic E-state index is 13.2. The number of halogens is 2. The van der Waals surface area contributed by atoms with Gasteiger partial charge >= 0.3 is 6.03 Å². The van der Waals surface area contributed by atoms with Crippen LogP contribution in [0.4, 0.5) is 10.5 Å². The fourth-order valence-corrected chi connectivity index (χ4v) is 4.05. The molecule has 1 N–H and O–H groups in total. The molecule has 7 nitrogen and oxygen atoms in total. The predicted octanol–water partition coefficient (Wildman–Crippen LogP) is 5.66. The third-order valence-corrected chi connectivity index (χ3v) is 6.43. The molecule has 0 aromatic heterocycles. The van der Waals surface area contributed by atoms with Crippen LogP contribution in [0.15, 0.2) is 70.7 Å². The normalized spacial score (nSPS) is 14.8. The molecule has 3 aromatic rings. The molecule has 0 spiro atoms. The van der Waals surface area contributed by atoms with E-state index in [-0.39, 0.29) is 11.3 Å². The van der Waals surface area contributed by atoms with Crippen LogP contribution in [0.3, 0.4) is 0 Å². The second-order valence-corrected chi connectivity index (χ2v) is 8.95. The minimum atomic E-state index is -0.849. The number of carbonyl (C=O) groups excluding carboxylic acids is 3.